The predicted octanol–water partition coefficient (Wildman–Crippen LogP) is 2.20. The summed E-state index contributed by atoms with van der Waals surface area (Å²) in [6, 6.07) is 9.87. The normalized spacial score (nSPS) is 18.3. The molecule has 2 aliphatic heterocycles. The van der Waals surface area contributed by atoms with Crippen molar-refractivity contribution in [2.45, 2.75) is 25.4 Å². The summed E-state index contributed by atoms with van der Waals surface area (Å²) in [6.07, 6.45) is -0.536. The smallest absolute Gasteiger partial charge is 0.410 e. The number of amides is 4. The third-order valence-corrected chi connectivity index (χ3v) is 4.80. The predicted molar refractivity (Wildman–Crippen MR) is 98.5 cm³/mol. The Bertz CT molecular complexity index is 1020. The maximum atomic E-state index is 14.4. The topological polar surface area (TPSA) is 105 Å². The van der Waals surface area contributed by atoms with Gasteiger partial charge < -0.3 is 9.64 Å². The molecule has 2 heterocycles. The second kappa shape index (κ2) is 7.34. The molecule has 148 valence electrons. The molecule has 4 amide bonds. The number of benzene rings is 2. The minimum Gasteiger partial charge on any atom is -0.410 e. The van der Waals surface area contributed by atoms with E-state index in [9.17, 15) is 23.6 Å². The summed E-state index contributed by atoms with van der Waals surface area (Å²) in [6.45, 7) is 0.0726. The number of para-hydroxylation sites is 1. The van der Waals surface area contributed by atoms with E-state index < -0.39 is 29.8 Å². The summed E-state index contributed by atoms with van der Waals surface area (Å²) in [7, 11) is 0. The van der Waals surface area contributed by atoms with Crippen LogP contribution in [0.4, 0.5) is 14.9 Å². The third kappa shape index (κ3) is 3.66. The van der Waals surface area contributed by atoms with Crippen LogP contribution in [0.5, 0.6) is 5.75 Å². The average Bonchev–Trinajstić information content (AvgIpc) is 2.98. The second-order valence-corrected chi connectivity index (χ2v) is 6.72. The number of imide groups is 1. The Hall–Kier alpha value is -3.75. The minimum absolute atomic E-state index is 0.0726. The fourth-order valence-corrected chi connectivity index (χ4v) is 3.42. The van der Waals surface area contributed by atoms with Crippen molar-refractivity contribution in [3.05, 3.63) is 59.4 Å². The van der Waals surface area contributed by atoms with E-state index in [0.717, 1.165) is 6.07 Å². The highest BCUT2D eigenvalue weighted by molar-refractivity contribution is 6.05. The summed E-state index contributed by atoms with van der Waals surface area (Å²) in [5.74, 6) is -1.93. The van der Waals surface area contributed by atoms with Gasteiger partial charge in [-0.3, -0.25) is 25.0 Å². The van der Waals surface area contributed by atoms with Gasteiger partial charge in [-0.25, -0.2) is 9.18 Å². The van der Waals surface area contributed by atoms with E-state index in [1.54, 1.807) is 30.3 Å². The van der Waals surface area contributed by atoms with Gasteiger partial charge in [0.25, 0.3) is 5.91 Å². The number of fused-ring (bicyclic) bond motifs is 1. The van der Waals surface area contributed by atoms with Gasteiger partial charge in [0, 0.05) is 18.5 Å². The molecule has 1 atom stereocenters. The molecule has 8 nitrogen and oxygen atoms in total. The van der Waals surface area contributed by atoms with Crippen LogP contribution in [0, 0.1) is 5.82 Å². The molecule has 0 saturated carbocycles. The maximum Gasteiger partial charge on any atom is 0.417 e. The first kappa shape index (κ1) is 18.6. The Kier molecular flexibility index (Phi) is 4.71. The number of anilines is 1. The molecule has 1 saturated heterocycles. The molecule has 0 bridgehead atoms. The van der Waals surface area contributed by atoms with E-state index >= 15 is 0 Å². The number of hydrogen-bond acceptors (Lipinski definition) is 5. The number of carbonyl (C=O) groups is 4. The Morgan fingerprint density at radius 3 is 2.66 bits per heavy atom. The van der Waals surface area contributed by atoms with Crippen LogP contribution in [0.2, 0.25) is 0 Å². The van der Waals surface area contributed by atoms with Crippen molar-refractivity contribution in [2.24, 2.45) is 0 Å². The van der Waals surface area contributed by atoms with Crippen molar-refractivity contribution in [3.63, 3.8) is 0 Å². The lowest BCUT2D eigenvalue weighted by molar-refractivity contribution is -0.136. The molecular weight excluding hydrogens is 381 g/mol. The van der Waals surface area contributed by atoms with Crippen LogP contribution in [-0.2, 0) is 16.1 Å². The molecule has 2 aromatic carbocycles. The number of rotatable bonds is 3. The standard InChI is InChI=1S/C20H16FN3O5/c21-14-9-13-11(8-15(14)22-20(28)29-12-4-2-1-3-5-12)10-24(19(13)27)16-6-7-17(25)23-18(16)26/h1-5,8-9,16H,6-7,10H2,(H,22,28)(H,23,25,26). The van der Waals surface area contributed by atoms with Gasteiger partial charge in [-0.15, -0.1) is 0 Å². The molecule has 0 spiro atoms. The van der Waals surface area contributed by atoms with Crippen molar-refractivity contribution in [3.8, 4) is 5.75 Å². The third-order valence-electron chi connectivity index (χ3n) is 4.80. The lowest BCUT2D eigenvalue weighted by Gasteiger charge is -2.29. The van der Waals surface area contributed by atoms with Gasteiger partial charge in [-0.1, -0.05) is 18.2 Å². The van der Waals surface area contributed by atoms with Gasteiger partial charge in [0.05, 0.1) is 5.69 Å². The van der Waals surface area contributed by atoms with Crippen LogP contribution in [0.1, 0.15) is 28.8 Å². The summed E-state index contributed by atoms with van der Waals surface area (Å²) in [5.41, 5.74) is 0.452. The van der Waals surface area contributed by atoms with Crippen LogP contribution < -0.4 is 15.4 Å². The SMILES string of the molecule is O=C1CCC(N2Cc3cc(NC(=O)Oc4ccccc4)c(F)cc3C2=O)C(=O)N1. The van der Waals surface area contributed by atoms with Gasteiger partial charge in [0.2, 0.25) is 11.8 Å². The number of halogens is 1. The minimum atomic E-state index is -0.874. The average molecular weight is 397 g/mol. The molecule has 0 aromatic heterocycles. The van der Waals surface area contributed by atoms with Gasteiger partial charge in [-0.2, -0.15) is 0 Å². The summed E-state index contributed by atoms with van der Waals surface area (Å²) >= 11 is 0. The number of ether oxygens (including phenoxy) is 1. The number of nitrogens with one attached hydrogen (secondary N) is 2. The lowest BCUT2D eigenvalue weighted by atomic mass is 10.0. The molecule has 9 heteroatoms. The molecule has 1 unspecified atom stereocenters. The zero-order valence-electron chi connectivity index (χ0n) is 15.1. The molecule has 2 aliphatic rings. The molecule has 0 radical (unpaired) electrons. The van der Waals surface area contributed by atoms with Gasteiger partial charge in [-0.05, 0) is 36.2 Å². The van der Waals surface area contributed by atoms with E-state index in [-0.39, 0.29) is 36.5 Å². The van der Waals surface area contributed by atoms with Crippen molar-refractivity contribution >= 4 is 29.5 Å². The zero-order chi connectivity index (χ0) is 20.5. The first-order valence-electron chi connectivity index (χ1n) is 8.93. The highest BCUT2D eigenvalue weighted by Crippen LogP contribution is 2.31. The molecule has 2 aromatic rings. The Balaban J connectivity index is 1.51. The van der Waals surface area contributed by atoms with Gasteiger partial charge in [0.15, 0.2) is 0 Å². The summed E-state index contributed by atoms with van der Waals surface area (Å²) in [5, 5.41) is 4.53. The number of carbonyl (C=O) groups excluding carboxylic acids is 4. The van der Waals surface area contributed by atoms with E-state index in [0.29, 0.717) is 11.3 Å². The van der Waals surface area contributed by atoms with Crippen LogP contribution in [0.15, 0.2) is 42.5 Å². The highest BCUT2D eigenvalue weighted by Gasteiger charge is 2.39. The highest BCUT2D eigenvalue weighted by atomic mass is 19.1. The van der Waals surface area contributed by atoms with Gasteiger partial charge >= 0.3 is 6.09 Å². The largest absolute Gasteiger partial charge is 0.417 e. The molecule has 2 N–H and O–H groups in total. The number of piperidine rings is 1. The Morgan fingerprint density at radius 2 is 1.93 bits per heavy atom. The zero-order valence-corrected chi connectivity index (χ0v) is 15.1. The molecule has 1 fully saturated rings. The second-order valence-electron chi connectivity index (χ2n) is 6.72. The number of hydrogen-bond donors (Lipinski definition) is 2. The summed E-state index contributed by atoms with van der Waals surface area (Å²) < 4.78 is 19.5. The molecule has 29 heavy (non-hydrogen) atoms. The Labute approximate surface area is 164 Å². The van der Waals surface area contributed by atoms with Crippen LogP contribution in [-0.4, -0.2) is 34.8 Å². The van der Waals surface area contributed by atoms with Crippen LogP contribution >= 0.6 is 0 Å². The monoisotopic (exact) mass is 397 g/mol. The first-order chi connectivity index (χ1) is 13.9. The first-order valence-corrected chi connectivity index (χ1v) is 8.93. The maximum absolute atomic E-state index is 14.4. The van der Waals surface area contributed by atoms with Crippen molar-refractivity contribution in [1.82, 2.24) is 10.2 Å². The van der Waals surface area contributed by atoms with Crippen LogP contribution in [0.25, 0.3) is 0 Å². The van der Waals surface area contributed by atoms with E-state index in [2.05, 4.69) is 10.6 Å². The number of nitrogens with zero attached hydrogens (tertiary/aromatic N) is 1. The van der Waals surface area contributed by atoms with E-state index in [1.807, 2.05) is 0 Å². The summed E-state index contributed by atoms with van der Waals surface area (Å²) in [4.78, 5) is 49.3. The van der Waals surface area contributed by atoms with Crippen molar-refractivity contribution in [1.29, 1.82) is 0 Å². The lowest BCUT2D eigenvalue weighted by Crippen LogP contribution is -2.52. The molecule has 4 rings (SSSR count). The van der Waals surface area contributed by atoms with Crippen molar-refractivity contribution < 1.29 is 28.3 Å². The van der Waals surface area contributed by atoms with Crippen molar-refractivity contribution in [2.75, 3.05) is 5.32 Å². The quantitative estimate of drug-likeness (QED) is 0.773. The van der Waals surface area contributed by atoms with Crippen LogP contribution in [0.3, 0.4) is 0 Å². The van der Waals surface area contributed by atoms with Gasteiger partial charge in [0.1, 0.15) is 17.6 Å². The Morgan fingerprint density at radius 1 is 1.17 bits per heavy atom. The molecular formula is C20H16FN3O5. The molecule has 0 aliphatic carbocycles. The fraction of sp³-hybridized carbons (Fsp3) is 0.200. The van der Waals surface area contributed by atoms with E-state index in [1.165, 1.54) is 11.0 Å². The fourth-order valence-electron chi connectivity index (χ4n) is 3.42. The van der Waals surface area contributed by atoms with E-state index in [4.69, 9.17) is 4.74 Å².